The maximum Gasteiger partial charge on any atom is 0.268 e. The fraction of sp³-hybridized carbons (Fsp3) is 0.111. The van der Waals surface area contributed by atoms with E-state index in [0.29, 0.717) is 12.2 Å². The number of hydrogen-bond donors (Lipinski definition) is 1. The van der Waals surface area contributed by atoms with Gasteiger partial charge in [0.25, 0.3) is 5.91 Å². The molecule has 4 nitrogen and oxygen atoms in total. The van der Waals surface area contributed by atoms with Gasteiger partial charge in [-0.25, -0.2) is 0 Å². The van der Waals surface area contributed by atoms with Gasteiger partial charge < -0.3 is 9.88 Å². The fourth-order valence-corrected chi connectivity index (χ4v) is 2.41. The third-order valence-corrected chi connectivity index (χ3v) is 3.60. The van der Waals surface area contributed by atoms with E-state index in [0.717, 1.165) is 16.8 Å². The standard InChI is InChI=1S/C18H17N3O/c1-21-16(15-7-3-2-4-8-15)9-10-17(21)18(22)20-13-14-6-5-11-19-12-14/h2-12H,13H2,1H3,(H,20,22). The molecule has 0 aliphatic carbocycles. The third kappa shape index (κ3) is 2.91. The number of carbonyl (C=O) groups is 1. The Morgan fingerprint density at radius 3 is 2.64 bits per heavy atom. The predicted molar refractivity (Wildman–Crippen MR) is 86.3 cm³/mol. The number of nitrogens with zero attached hydrogens (tertiary/aromatic N) is 2. The van der Waals surface area contributed by atoms with E-state index in [-0.39, 0.29) is 5.91 Å². The van der Waals surface area contributed by atoms with Crippen LogP contribution in [0.2, 0.25) is 0 Å². The van der Waals surface area contributed by atoms with E-state index >= 15 is 0 Å². The number of pyridine rings is 1. The van der Waals surface area contributed by atoms with Crippen molar-refractivity contribution in [3.05, 3.63) is 78.2 Å². The Morgan fingerprint density at radius 1 is 1.09 bits per heavy atom. The van der Waals surface area contributed by atoms with Crippen molar-refractivity contribution >= 4 is 5.91 Å². The SMILES string of the molecule is Cn1c(C(=O)NCc2cccnc2)ccc1-c1ccccc1. The molecule has 1 N–H and O–H groups in total. The van der Waals surface area contributed by atoms with Crippen LogP contribution in [-0.2, 0) is 13.6 Å². The van der Waals surface area contributed by atoms with Gasteiger partial charge in [0, 0.05) is 31.7 Å². The van der Waals surface area contributed by atoms with Crippen LogP contribution < -0.4 is 5.32 Å². The molecule has 3 rings (SSSR count). The summed E-state index contributed by atoms with van der Waals surface area (Å²) >= 11 is 0. The van der Waals surface area contributed by atoms with Crippen molar-refractivity contribution in [2.45, 2.75) is 6.54 Å². The molecule has 110 valence electrons. The molecule has 2 aromatic heterocycles. The van der Waals surface area contributed by atoms with Crippen molar-refractivity contribution < 1.29 is 4.79 Å². The quantitative estimate of drug-likeness (QED) is 0.803. The van der Waals surface area contributed by atoms with Crippen LogP contribution in [0.5, 0.6) is 0 Å². The second-order valence-corrected chi connectivity index (χ2v) is 5.07. The van der Waals surface area contributed by atoms with Crippen molar-refractivity contribution in [3.63, 3.8) is 0 Å². The highest BCUT2D eigenvalue weighted by atomic mass is 16.1. The molecule has 0 fully saturated rings. The smallest absolute Gasteiger partial charge is 0.268 e. The van der Waals surface area contributed by atoms with Gasteiger partial charge in [-0.2, -0.15) is 0 Å². The van der Waals surface area contributed by atoms with Crippen LogP contribution in [0.1, 0.15) is 16.1 Å². The van der Waals surface area contributed by atoms with Crippen LogP contribution in [0.3, 0.4) is 0 Å². The molecular weight excluding hydrogens is 274 g/mol. The van der Waals surface area contributed by atoms with E-state index in [1.165, 1.54) is 0 Å². The summed E-state index contributed by atoms with van der Waals surface area (Å²) in [5.74, 6) is -0.0893. The first-order valence-electron chi connectivity index (χ1n) is 7.14. The Morgan fingerprint density at radius 2 is 1.91 bits per heavy atom. The molecule has 0 aliphatic rings. The first kappa shape index (κ1) is 14.1. The molecule has 0 unspecified atom stereocenters. The first-order chi connectivity index (χ1) is 10.8. The van der Waals surface area contributed by atoms with Crippen LogP contribution >= 0.6 is 0 Å². The molecule has 0 radical (unpaired) electrons. The summed E-state index contributed by atoms with van der Waals surface area (Å²) in [6.07, 6.45) is 3.47. The van der Waals surface area contributed by atoms with E-state index in [4.69, 9.17) is 0 Å². The Kier molecular flexibility index (Phi) is 4.01. The second kappa shape index (κ2) is 6.26. The minimum atomic E-state index is -0.0893. The van der Waals surface area contributed by atoms with Gasteiger partial charge in [0.15, 0.2) is 0 Å². The third-order valence-electron chi connectivity index (χ3n) is 3.60. The molecule has 1 amide bonds. The lowest BCUT2D eigenvalue weighted by atomic mass is 10.2. The highest BCUT2D eigenvalue weighted by Crippen LogP contribution is 2.21. The summed E-state index contributed by atoms with van der Waals surface area (Å²) < 4.78 is 1.91. The lowest BCUT2D eigenvalue weighted by Gasteiger charge is -2.09. The summed E-state index contributed by atoms with van der Waals surface area (Å²) in [6.45, 7) is 0.471. The Labute approximate surface area is 129 Å². The second-order valence-electron chi connectivity index (χ2n) is 5.07. The monoisotopic (exact) mass is 291 g/mol. The number of hydrogen-bond acceptors (Lipinski definition) is 2. The van der Waals surface area contributed by atoms with E-state index in [2.05, 4.69) is 10.3 Å². The molecular formula is C18H17N3O. The summed E-state index contributed by atoms with van der Waals surface area (Å²) in [6, 6.07) is 17.6. The maximum atomic E-state index is 12.3. The molecule has 2 heterocycles. The summed E-state index contributed by atoms with van der Waals surface area (Å²) in [5, 5.41) is 2.92. The van der Waals surface area contributed by atoms with Gasteiger partial charge in [-0.3, -0.25) is 9.78 Å². The van der Waals surface area contributed by atoms with Gasteiger partial charge in [0.05, 0.1) is 0 Å². The number of carbonyl (C=O) groups excluding carboxylic acids is 1. The van der Waals surface area contributed by atoms with Crippen LogP contribution in [-0.4, -0.2) is 15.5 Å². The molecule has 4 heteroatoms. The average molecular weight is 291 g/mol. The van der Waals surface area contributed by atoms with Gasteiger partial charge in [-0.1, -0.05) is 36.4 Å². The molecule has 1 aromatic carbocycles. The van der Waals surface area contributed by atoms with Crippen LogP contribution in [0, 0.1) is 0 Å². The van der Waals surface area contributed by atoms with E-state index in [1.54, 1.807) is 12.4 Å². The van der Waals surface area contributed by atoms with Gasteiger partial charge in [-0.05, 0) is 29.3 Å². The van der Waals surface area contributed by atoms with Crippen molar-refractivity contribution in [1.82, 2.24) is 14.9 Å². The van der Waals surface area contributed by atoms with Gasteiger partial charge in [0.1, 0.15) is 5.69 Å². The minimum absolute atomic E-state index is 0.0893. The molecule has 22 heavy (non-hydrogen) atoms. The van der Waals surface area contributed by atoms with Gasteiger partial charge >= 0.3 is 0 Å². The molecule has 0 saturated heterocycles. The molecule has 0 saturated carbocycles. The van der Waals surface area contributed by atoms with E-state index < -0.39 is 0 Å². The van der Waals surface area contributed by atoms with Crippen molar-refractivity contribution in [2.24, 2.45) is 7.05 Å². The molecule has 0 bridgehead atoms. The Balaban J connectivity index is 1.75. The van der Waals surface area contributed by atoms with Gasteiger partial charge in [0.2, 0.25) is 0 Å². The van der Waals surface area contributed by atoms with Crippen molar-refractivity contribution in [1.29, 1.82) is 0 Å². The number of nitrogens with one attached hydrogen (secondary N) is 1. The van der Waals surface area contributed by atoms with E-state index in [1.807, 2.05) is 66.2 Å². The van der Waals surface area contributed by atoms with Crippen LogP contribution in [0.4, 0.5) is 0 Å². The zero-order valence-electron chi connectivity index (χ0n) is 12.4. The Bertz CT molecular complexity index is 764. The minimum Gasteiger partial charge on any atom is -0.347 e. The van der Waals surface area contributed by atoms with Crippen molar-refractivity contribution in [2.75, 3.05) is 0 Å². The molecule has 0 aliphatic heterocycles. The molecule has 0 atom stereocenters. The molecule has 0 spiro atoms. The highest BCUT2D eigenvalue weighted by Gasteiger charge is 2.13. The highest BCUT2D eigenvalue weighted by molar-refractivity contribution is 5.93. The summed E-state index contributed by atoms with van der Waals surface area (Å²) in [7, 11) is 1.90. The summed E-state index contributed by atoms with van der Waals surface area (Å²) in [4.78, 5) is 16.4. The zero-order valence-corrected chi connectivity index (χ0v) is 12.4. The van der Waals surface area contributed by atoms with Crippen LogP contribution in [0.25, 0.3) is 11.3 Å². The topological polar surface area (TPSA) is 46.9 Å². The fourth-order valence-electron chi connectivity index (χ4n) is 2.41. The van der Waals surface area contributed by atoms with Crippen LogP contribution in [0.15, 0.2) is 67.0 Å². The maximum absolute atomic E-state index is 12.3. The average Bonchev–Trinajstić information content (AvgIpc) is 2.96. The lowest BCUT2D eigenvalue weighted by molar-refractivity contribution is 0.0943. The van der Waals surface area contributed by atoms with Crippen molar-refractivity contribution in [3.8, 4) is 11.3 Å². The predicted octanol–water partition coefficient (Wildman–Crippen LogP) is 3.02. The summed E-state index contributed by atoms with van der Waals surface area (Å²) in [5.41, 5.74) is 3.74. The number of aromatic nitrogens is 2. The van der Waals surface area contributed by atoms with E-state index in [9.17, 15) is 4.79 Å². The normalized spacial score (nSPS) is 10.4. The molecule has 3 aromatic rings. The number of benzene rings is 1. The number of rotatable bonds is 4. The lowest BCUT2D eigenvalue weighted by Crippen LogP contribution is -2.25. The largest absolute Gasteiger partial charge is 0.347 e. The first-order valence-corrected chi connectivity index (χ1v) is 7.14. The zero-order chi connectivity index (χ0) is 15.4. The Hall–Kier alpha value is -2.88. The van der Waals surface area contributed by atoms with Gasteiger partial charge in [-0.15, -0.1) is 0 Å². The number of amides is 1.